The molecular formula is C29H32Cl2N6O2. The molecule has 0 N–H and O–H groups in total. The zero-order valence-electron chi connectivity index (χ0n) is 22.0. The Morgan fingerprint density at radius 3 is 2.46 bits per heavy atom. The zero-order valence-corrected chi connectivity index (χ0v) is 23.7. The Morgan fingerprint density at radius 1 is 0.897 bits per heavy atom. The smallest absolute Gasteiger partial charge is 0.361 e. The summed E-state index contributed by atoms with van der Waals surface area (Å²) in [5, 5.41) is 10.7. The number of piperazine rings is 1. The maximum atomic E-state index is 12.2. The maximum Gasteiger partial charge on any atom is 0.361 e. The molecule has 10 heteroatoms. The zero-order chi connectivity index (χ0) is 25.4. The summed E-state index contributed by atoms with van der Waals surface area (Å²) in [7, 11) is 0. The van der Waals surface area contributed by atoms with Crippen LogP contribution in [0.1, 0.15) is 28.7 Å². The number of aromatic nitrogens is 4. The van der Waals surface area contributed by atoms with Crippen molar-refractivity contribution in [1.29, 1.82) is 0 Å². The second kappa shape index (κ2) is 12.2. The molecule has 204 valence electrons. The van der Waals surface area contributed by atoms with Crippen LogP contribution in [-0.4, -0.2) is 70.0 Å². The number of anilines is 1. The van der Waals surface area contributed by atoms with Crippen molar-refractivity contribution in [2.75, 3.05) is 44.2 Å². The van der Waals surface area contributed by atoms with Crippen molar-refractivity contribution in [2.24, 2.45) is 0 Å². The van der Waals surface area contributed by atoms with Gasteiger partial charge in [-0.2, -0.15) is 0 Å². The first-order chi connectivity index (χ1) is 18.1. The van der Waals surface area contributed by atoms with Crippen LogP contribution in [0.4, 0.5) is 5.69 Å². The van der Waals surface area contributed by atoms with E-state index >= 15 is 0 Å². The summed E-state index contributed by atoms with van der Waals surface area (Å²) in [6, 6.07) is 20.9. The van der Waals surface area contributed by atoms with Crippen LogP contribution in [0.15, 0.2) is 60.7 Å². The van der Waals surface area contributed by atoms with Crippen LogP contribution >= 0.6 is 24.8 Å². The largest absolute Gasteiger partial charge is 0.461 e. The lowest BCUT2D eigenvalue weighted by molar-refractivity contribution is 0.0521. The van der Waals surface area contributed by atoms with Crippen molar-refractivity contribution in [3.63, 3.8) is 0 Å². The van der Waals surface area contributed by atoms with Crippen molar-refractivity contribution in [3.05, 3.63) is 77.6 Å². The molecule has 39 heavy (non-hydrogen) atoms. The van der Waals surface area contributed by atoms with Gasteiger partial charge in [-0.25, -0.2) is 9.31 Å². The van der Waals surface area contributed by atoms with Crippen LogP contribution in [-0.2, 0) is 11.2 Å². The fourth-order valence-corrected chi connectivity index (χ4v) is 5.33. The SMILES string of the molecule is CCOC(=O)c1nnn2c1ccc1c(CCN3CCN(c4cccc5nc(C)ccc45)CC3)cccc12.Cl.Cl. The number of benzene rings is 2. The number of hydrogen-bond acceptors (Lipinski definition) is 7. The lowest BCUT2D eigenvalue weighted by Gasteiger charge is -2.36. The van der Waals surface area contributed by atoms with Gasteiger partial charge in [0, 0.05) is 54.9 Å². The quantitative estimate of drug-likeness (QED) is 0.264. The summed E-state index contributed by atoms with van der Waals surface area (Å²) in [6.07, 6.45) is 0.944. The van der Waals surface area contributed by atoms with E-state index in [4.69, 9.17) is 9.72 Å². The third-order valence-electron chi connectivity index (χ3n) is 7.24. The molecule has 1 fully saturated rings. The number of carbonyl (C=O) groups is 1. The third kappa shape index (κ3) is 5.50. The number of pyridine rings is 2. The van der Waals surface area contributed by atoms with Crippen molar-refractivity contribution in [1.82, 2.24) is 24.7 Å². The Hall–Kier alpha value is -3.46. The number of hydrogen-bond donors (Lipinski definition) is 0. The monoisotopic (exact) mass is 566 g/mol. The molecule has 1 aliphatic rings. The maximum absolute atomic E-state index is 12.2. The van der Waals surface area contributed by atoms with Crippen molar-refractivity contribution in [2.45, 2.75) is 20.3 Å². The molecule has 0 spiro atoms. The van der Waals surface area contributed by atoms with Crippen molar-refractivity contribution in [3.8, 4) is 0 Å². The minimum Gasteiger partial charge on any atom is -0.461 e. The molecular weight excluding hydrogens is 535 g/mol. The van der Waals surface area contributed by atoms with Gasteiger partial charge in [0.05, 0.1) is 17.6 Å². The van der Waals surface area contributed by atoms with Gasteiger partial charge in [0.15, 0.2) is 5.69 Å². The second-order valence-corrected chi connectivity index (χ2v) is 9.51. The normalized spacial score (nSPS) is 13.8. The Bertz CT molecular complexity index is 1610. The van der Waals surface area contributed by atoms with Gasteiger partial charge in [0.2, 0.25) is 0 Å². The molecule has 3 aromatic heterocycles. The predicted octanol–water partition coefficient (Wildman–Crippen LogP) is 5.12. The van der Waals surface area contributed by atoms with Gasteiger partial charge in [0.25, 0.3) is 0 Å². The molecule has 2 aromatic carbocycles. The summed E-state index contributed by atoms with van der Waals surface area (Å²) in [6.45, 7) is 9.17. The molecule has 0 aliphatic carbocycles. The standard InChI is InChI=1S/C29H30N6O2.2ClH/c1-3-37-29(36)28-27-13-12-22-21(6-4-9-26(22)35(27)32-31-28)14-15-33-16-18-34(19-17-33)25-8-5-7-24-23(25)11-10-20(2)30-24;;/h4-13H,3,14-19H2,1-2H3;2*1H. The van der Waals surface area contributed by atoms with Gasteiger partial charge in [-0.05, 0) is 62.2 Å². The average molecular weight is 568 g/mol. The minimum atomic E-state index is -0.443. The molecule has 1 aliphatic heterocycles. The average Bonchev–Trinajstić information content (AvgIpc) is 3.37. The number of carbonyl (C=O) groups excluding carboxylic acids is 1. The first-order valence-corrected chi connectivity index (χ1v) is 12.9. The lowest BCUT2D eigenvalue weighted by Crippen LogP contribution is -2.47. The van der Waals surface area contributed by atoms with Crippen LogP contribution in [0.5, 0.6) is 0 Å². The summed E-state index contributed by atoms with van der Waals surface area (Å²) >= 11 is 0. The molecule has 1 saturated heterocycles. The summed E-state index contributed by atoms with van der Waals surface area (Å²) < 4.78 is 6.87. The Labute approximate surface area is 239 Å². The number of aryl methyl sites for hydroxylation is 1. The van der Waals surface area contributed by atoms with E-state index in [1.54, 1.807) is 11.4 Å². The van der Waals surface area contributed by atoms with E-state index < -0.39 is 5.97 Å². The molecule has 0 saturated carbocycles. The number of nitrogens with zero attached hydrogens (tertiary/aromatic N) is 6. The van der Waals surface area contributed by atoms with E-state index in [0.717, 1.165) is 61.3 Å². The van der Waals surface area contributed by atoms with E-state index in [-0.39, 0.29) is 30.5 Å². The number of halogens is 2. The molecule has 0 bridgehead atoms. The van der Waals surface area contributed by atoms with E-state index in [9.17, 15) is 4.79 Å². The van der Waals surface area contributed by atoms with Crippen LogP contribution in [0, 0.1) is 6.92 Å². The highest BCUT2D eigenvalue weighted by Crippen LogP contribution is 2.27. The van der Waals surface area contributed by atoms with Gasteiger partial charge < -0.3 is 9.64 Å². The van der Waals surface area contributed by atoms with E-state index in [0.29, 0.717) is 12.1 Å². The fourth-order valence-electron chi connectivity index (χ4n) is 5.33. The highest BCUT2D eigenvalue weighted by Gasteiger charge is 2.20. The van der Waals surface area contributed by atoms with E-state index in [1.807, 2.05) is 19.1 Å². The number of fused-ring (bicyclic) bond motifs is 4. The lowest BCUT2D eigenvalue weighted by atomic mass is 10.0. The Morgan fingerprint density at radius 2 is 1.67 bits per heavy atom. The molecule has 6 rings (SSSR count). The van der Waals surface area contributed by atoms with Crippen LogP contribution < -0.4 is 4.90 Å². The van der Waals surface area contributed by atoms with E-state index in [2.05, 4.69) is 68.6 Å². The van der Waals surface area contributed by atoms with Gasteiger partial charge in [-0.3, -0.25) is 9.88 Å². The topological polar surface area (TPSA) is 75.9 Å². The number of rotatable bonds is 6. The Balaban J connectivity index is 0.00000176. The second-order valence-electron chi connectivity index (χ2n) is 9.51. The van der Waals surface area contributed by atoms with Crippen LogP contribution in [0.25, 0.3) is 27.3 Å². The number of esters is 1. The van der Waals surface area contributed by atoms with Gasteiger partial charge >= 0.3 is 5.97 Å². The molecule has 0 atom stereocenters. The minimum absolute atomic E-state index is 0. The first-order valence-electron chi connectivity index (χ1n) is 12.9. The van der Waals surface area contributed by atoms with Gasteiger partial charge in [0.1, 0.15) is 5.52 Å². The van der Waals surface area contributed by atoms with Crippen molar-refractivity contribution >= 4 is 63.8 Å². The summed E-state index contributed by atoms with van der Waals surface area (Å²) in [4.78, 5) is 22.0. The predicted molar refractivity (Wildman–Crippen MR) is 160 cm³/mol. The summed E-state index contributed by atoms with van der Waals surface area (Å²) in [5.74, 6) is -0.443. The van der Waals surface area contributed by atoms with Crippen LogP contribution in [0.2, 0.25) is 0 Å². The molecule has 5 aromatic rings. The van der Waals surface area contributed by atoms with Crippen LogP contribution in [0.3, 0.4) is 0 Å². The molecule has 0 radical (unpaired) electrons. The first kappa shape index (κ1) is 28.5. The highest BCUT2D eigenvalue weighted by atomic mass is 35.5. The molecule has 8 nitrogen and oxygen atoms in total. The summed E-state index contributed by atoms with van der Waals surface area (Å²) in [5.41, 5.74) is 6.52. The van der Waals surface area contributed by atoms with Gasteiger partial charge in [-0.1, -0.05) is 29.5 Å². The number of ether oxygens (including phenoxy) is 1. The van der Waals surface area contributed by atoms with Gasteiger partial charge in [-0.15, -0.1) is 29.9 Å². The molecule has 0 unspecified atom stereocenters. The molecule has 4 heterocycles. The third-order valence-corrected chi connectivity index (χ3v) is 7.24. The fraction of sp³-hybridized carbons (Fsp3) is 0.310. The Kier molecular flexibility index (Phi) is 8.90. The van der Waals surface area contributed by atoms with E-state index in [1.165, 1.54) is 16.6 Å². The highest BCUT2D eigenvalue weighted by molar-refractivity contribution is 5.97. The molecule has 0 amide bonds. The van der Waals surface area contributed by atoms with Crippen molar-refractivity contribution < 1.29 is 9.53 Å².